The van der Waals surface area contributed by atoms with Gasteiger partial charge < -0.3 is 0 Å². The molecule has 2 aromatic rings. The summed E-state index contributed by atoms with van der Waals surface area (Å²) in [5.74, 6) is -2.47. The van der Waals surface area contributed by atoms with Crippen molar-refractivity contribution in [2.45, 2.75) is 35.0 Å². The van der Waals surface area contributed by atoms with E-state index in [1.165, 1.54) is 0 Å². The van der Waals surface area contributed by atoms with Crippen molar-refractivity contribution in [3.63, 3.8) is 0 Å². The summed E-state index contributed by atoms with van der Waals surface area (Å²) >= 11 is 0. The minimum Gasteiger partial charge on any atom is -0.249 e. The van der Waals surface area contributed by atoms with E-state index >= 15 is 0 Å². The molecule has 0 radical (unpaired) electrons. The summed E-state index contributed by atoms with van der Waals surface area (Å²) < 4.78 is 114. The van der Waals surface area contributed by atoms with E-state index in [4.69, 9.17) is 0 Å². The van der Waals surface area contributed by atoms with Crippen LogP contribution < -0.4 is 0 Å². The number of halogens is 8. The minimum atomic E-state index is -4.56. The molecule has 0 unspecified atom stereocenters. The van der Waals surface area contributed by atoms with Crippen LogP contribution in [-0.2, 0) is 23.6 Å². The van der Waals surface area contributed by atoms with Crippen LogP contribution in [0, 0.1) is 11.6 Å². The molecule has 0 aliphatic heterocycles. The fraction of sp³-hybridized carbons (Fsp3) is 0.250. The van der Waals surface area contributed by atoms with E-state index in [0.29, 0.717) is 12.1 Å². The van der Waals surface area contributed by atoms with Gasteiger partial charge in [0.15, 0.2) is 0 Å². The topological polar surface area (TPSA) is 17.1 Å². The van der Waals surface area contributed by atoms with Gasteiger partial charge in [0.25, 0.3) is 0 Å². The Morgan fingerprint density at radius 2 is 1.04 bits per heavy atom. The summed E-state index contributed by atoms with van der Waals surface area (Å²) in [5, 5.41) is 0. The van der Waals surface area contributed by atoms with Gasteiger partial charge in [-0.05, 0) is 35.4 Å². The number of hydrogen-bond donors (Lipinski definition) is 0. The largest absolute Gasteiger partial charge is 0.393 e. The number of rotatable bonds is 4. The van der Waals surface area contributed by atoms with Crippen molar-refractivity contribution in [2.75, 3.05) is 0 Å². The molecule has 2 aromatic carbocycles. The Morgan fingerprint density at radius 1 is 0.692 bits per heavy atom. The second kappa shape index (κ2) is 7.34. The zero-order valence-corrected chi connectivity index (χ0v) is 13.5. The van der Waals surface area contributed by atoms with Crippen molar-refractivity contribution in [3.8, 4) is 0 Å². The summed E-state index contributed by atoms with van der Waals surface area (Å²) in [7, 11) is -2.45. The number of benzene rings is 2. The highest BCUT2D eigenvalue weighted by Gasteiger charge is 2.29. The Kier molecular flexibility index (Phi) is 5.74. The highest BCUT2D eigenvalue weighted by atomic mass is 32.2. The Bertz CT molecular complexity index is 758. The summed E-state index contributed by atoms with van der Waals surface area (Å²) in [6.07, 6.45) is -11.9. The number of alkyl halides is 6. The van der Waals surface area contributed by atoms with Crippen LogP contribution in [0.15, 0.2) is 46.2 Å². The Hall–Kier alpha value is -1.97. The number of hydrogen-bond acceptors (Lipinski definition) is 1. The molecule has 0 atom stereocenters. The molecule has 0 bridgehead atoms. The first-order valence-electron chi connectivity index (χ1n) is 6.98. The van der Waals surface area contributed by atoms with Gasteiger partial charge in [0.2, 0.25) is 0 Å². The summed E-state index contributed by atoms with van der Waals surface area (Å²) in [6.45, 7) is 0. The minimum absolute atomic E-state index is 0.406. The fourth-order valence-electron chi connectivity index (χ4n) is 2.19. The standard InChI is InChI=1S/C16H10F8OS/c17-11-5-9(7-15(19,20)21)1-3-13(11)26(25)14-4-2-10(6-12(14)18)8-16(22,23)24/h1-6H,7-8H2. The maximum absolute atomic E-state index is 14.0. The predicted molar refractivity (Wildman–Crippen MR) is 77.0 cm³/mol. The van der Waals surface area contributed by atoms with Crippen molar-refractivity contribution in [2.24, 2.45) is 0 Å². The van der Waals surface area contributed by atoms with Crippen LogP contribution in [-0.4, -0.2) is 16.6 Å². The summed E-state index contributed by atoms with van der Waals surface area (Å²) in [6, 6.07) is 4.54. The van der Waals surface area contributed by atoms with Gasteiger partial charge in [-0.3, -0.25) is 0 Å². The van der Waals surface area contributed by atoms with Gasteiger partial charge in [-0.15, -0.1) is 0 Å². The molecule has 2 rings (SSSR count). The van der Waals surface area contributed by atoms with Crippen LogP contribution in [0.2, 0.25) is 0 Å². The molecular weight excluding hydrogens is 392 g/mol. The molecule has 0 saturated heterocycles. The van der Waals surface area contributed by atoms with E-state index in [2.05, 4.69) is 0 Å². The molecule has 26 heavy (non-hydrogen) atoms. The van der Waals surface area contributed by atoms with Crippen molar-refractivity contribution < 1.29 is 39.3 Å². The molecule has 0 aliphatic rings. The van der Waals surface area contributed by atoms with E-state index in [9.17, 15) is 39.3 Å². The fourth-order valence-corrected chi connectivity index (χ4v) is 3.28. The highest BCUT2D eigenvalue weighted by Crippen LogP contribution is 2.28. The van der Waals surface area contributed by atoms with Crippen molar-refractivity contribution >= 4 is 10.8 Å². The van der Waals surface area contributed by atoms with E-state index < -0.39 is 68.5 Å². The lowest BCUT2D eigenvalue weighted by Crippen LogP contribution is -2.12. The van der Waals surface area contributed by atoms with E-state index in [1.54, 1.807) is 0 Å². The lowest BCUT2D eigenvalue weighted by Gasteiger charge is -2.10. The molecule has 0 heterocycles. The Morgan fingerprint density at radius 3 is 1.31 bits per heavy atom. The third kappa shape index (κ3) is 5.52. The molecule has 1 nitrogen and oxygen atoms in total. The molecule has 0 amide bonds. The zero-order valence-electron chi connectivity index (χ0n) is 12.7. The van der Waals surface area contributed by atoms with Crippen LogP contribution in [0.3, 0.4) is 0 Å². The smallest absolute Gasteiger partial charge is 0.249 e. The van der Waals surface area contributed by atoms with E-state index in [-0.39, 0.29) is 0 Å². The quantitative estimate of drug-likeness (QED) is 0.631. The third-order valence-electron chi connectivity index (χ3n) is 3.20. The van der Waals surface area contributed by atoms with Crippen LogP contribution in [0.4, 0.5) is 35.1 Å². The molecule has 0 fully saturated rings. The van der Waals surface area contributed by atoms with Gasteiger partial charge in [0.05, 0.1) is 33.4 Å². The van der Waals surface area contributed by atoms with Gasteiger partial charge in [-0.2, -0.15) is 26.3 Å². The second-order valence-corrected chi connectivity index (χ2v) is 6.80. The first kappa shape index (κ1) is 20.3. The lowest BCUT2D eigenvalue weighted by atomic mass is 10.1. The van der Waals surface area contributed by atoms with Gasteiger partial charge in [-0.25, -0.2) is 13.0 Å². The normalized spacial score (nSPS) is 12.7. The van der Waals surface area contributed by atoms with Crippen molar-refractivity contribution in [3.05, 3.63) is 59.2 Å². The Balaban J connectivity index is 2.29. The summed E-state index contributed by atoms with van der Waals surface area (Å²) in [5.41, 5.74) is -0.812. The molecule has 0 aliphatic carbocycles. The van der Waals surface area contributed by atoms with Crippen molar-refractivity contribution in [1.29, 1.82) is 0 Å². The van der Waals surface area contributed by atoms with Gasteiger partial charge in [0, 0.05) is 0 Å². The average molecular weight is 402 g/mol. The molecule has 0 N–H and O–H groups in total. The third-order valence-corrected chi connectivity index (χ3v) is 4.66. The van der Waals surface area contributed by atoms with Crippen LogP contribution >= 0.6 is 0 Å². The Labute approximate surface area is 145 Å². The van der Waals surface area contributed by atoms with Gasteiger partial charge in [0.1, 0.15) is 11.6 Å². The zero-order chi connectivity index (χ0) is 19.7. The van der Waals surface area contributed by atoms with E-state index in [0.717, 1.165) is 24.3 Å². The van der Waals surface area contributed by atoms with E-state index in [1.807, 2.05) is 0 Å². The second-order valence-electron chi connectivity index (χ2n) is 5.38. The molecule has 142 valence electrons. The highest BCUT2D eigenvalue weighted by molar-refractivity contribution is 7.85. The monoisotopic (exact) mass is 402 g/mol. The maximum Gasteiger partial charge on any atom is 0.393 e. The predicted octanol–water partition coefficient (Wildman–Crippen LogP) is 5.34. The molecule has 0 spiro atoms. The summed E-state index contributed by atoms with van der Waals surface area (Å²) in [4.78, 5) is -1.14. The first-order chi connectivity index (χ1) is 11.9. The lowest BCUT2D eigenvalue weighted by molar-refractivity contribution is -0.128. The van der Waals surface area contributed by atoms with Crippen LogP contribution in [0.5, 0.6) is 0 Å². The molecule has 0 aromatic heterocycles. The van der Waals surface area contributed by atoms with Crippen LogP contribution in [0.1, 0.15) is 11.1 Å². The van der Waals surface area contributed by atoms with Crippen molar-refractivity contribution in [1.82, 2.24) is 0 Å². The average Bonchev–Trinajstić information content (AvgIpc) is 2.43. The SMILES string of the molecule is O=S(c1ccc(CC(F)(F)F)cc1F)c1ccc(CC(F)(F)F)cc1F. The molecule has 0 saturated carbocycles. The molecule has 10 heteroatoms. The van der Waals surface area contributed by atoms with Crippen LogP contribution in [0.25, 0.3) is 0 Å². The first-order valence-corrected chi connectivity index (χ1v) is 8.13. The van der Waals surface area contributed by atoms with Gasteiger partial charge in [-0.1, -0.05) is 12.1 Å². The van der Waals surface area contributed by atoms with Gasteiger partial charge >= 0.3 is 12.4 Å². The maximum atomic E-state index is 14.0. The molecular formula is C16H10F8OS.